The van der Waals surface area contributed by atoms with Crippen LogP contribution < -0.4 is 10.6 Å². The Hall–Kier alpha value is -2.35. The second-order valence-electron chi connectivity index (χ2n) is 4.35. The van der Waals surface area contributed by atoms with E-state index in [1.165, 1.54) is 18.2 Å². The molecule has 21 heavy (non-hydrogen) atoms. The van der Waals surface area contributed by atoms with Crippen LogP contribution in [0.25, 0.3) is 0 Å². The van der Waals surface area contributed by atoms with Gasteiger partial charge in [0, 0.05) is 16.2 Å². The zero-order valence-electron chi connectivity index (χ0n) is 11.1. The average molecular weight is 353 g/mol. The maximum atomic E-state index is 11.9. The van der Waals surface area contributed by atoms with Crippen LogP contribution in [0.3, 0.4) is 0 Å². The number of rotatable bonds is 4. The summed E-state index contributed by atoms with van der Waals surface area (Å²) in [7, 11) is 0. The number of nitrogens with one attached hydrogen (secondary N) is 3. The highest BCUT2D eigenvalue weighted by molar-refractivity contribution is 9.10. The fourth-order valence-corrected chi connectivity index (χ4v) is 2.16. The van der Waals surface area contributed by atoms with Crippen LogP contribution in [0.5, 0.6) is 0 Å². The first-order valence-electron chi connectivity index (χ1n) is 6.06. The number of aromatic carboxylic acids is 1. The topological polar surface area (TPSA) is 107 Å². The van der Waals surface area contributed by atoms with E-state index >= 15 is 0 Å². The average Bonchev–Trinajstić information content (AvgIpc) is 2.94. The smallest absolute Gasteiger partial charge is 0.335 e. The summed E-state index contributed by atoms with van der Waals surface area (Å²) >= 11 is 3.23. The number of nitrogens with zero attached hydrogens (tertiary/aromatic N) is 1. The maximum absolute atomic E-state index is 11.9. The van der Waals surface area contributed by atoms with E-state index in [0.29, 0.717) is 10.2 Å². The number of amides is 2. The molecule has 2 amide bonds. The van der Waals surface area contributed by atoms with Crippen molar-refractivity contribution in [2.24, 2.45) is 0 Å². The second kappa shape index (κ2) is 6.40. The van der Waals surface area contributed by atoms with Crippen LogP contribution >= 0.6 is 15.9 Å². The maximum Gasteiger partial charge on any atom is 0.335 e. The molecular weight excluding hydrogens is 340 g/mol. The molecule has 0 bridgehead atoms. The molecule has 0 fully saturated rings. The Morgan fingerprint density at radius 2 is 2.19 bits per heavy atom. The number of hydrogen-bond acceptors (Lipinski definition) is 3. The number of carbonyl (C=O) groups excluding carboxylic acids is 1. The molecule has 1 unspecified atom stereocenters. The van der Waals surface area contributed by atoms with Gasteiger partial charge < -0.3 is 15.7 Å². The minimum atomic E-state index is -1.03. The van der Waals surface area contributed by atoms with Gasteiger partial charge in [-0.3, -0.25) is 5.10 Å². The predicted molar refractivity (Wildman–Crippen MR) is 80.3 cm³/mol. The molecule has 110 valence electrons. The first-order valence-corrected chi connectivity index (χ1v) is 6.85. The van der Waals surface area contributed by atoms with E-state index in [1.54, 1.807) is 12.4 Å². The lowest BCUT2D eigenvalue weighted by Crippen LogP contribution is -2.31. The van der Waals surface area contributed by atoms with Gasteiger partial charge in [-0.15, -0.1) is 0 Å². The zero-order chi connectivity index (χ0) is 15.4. The quantitative estimate of drug-likeness (QED) is 0.678. The standard InChI is InChI=1S/C13H13BrN4O3/c1-7(9-5-15-16-6-9)17-13(21)18-11-3-2-8(12(19)20)4-10(11)14/h2-7H,1H3,(H,15,16)(H,19,20)(H2,17,18,21). The number of carboxylic acids is 1. The number of H-pyrrole nitrogens is 1. The van der Waals surface area contributed by atoms with Crippen LogP contribution in [0, 0.1) is 0 Å². The lowest BCUT2D eigenvalue weighted by atomic mass is 10.2. The summed E-state index contributed by atoms with van der Waals surface area (Å²) in [5, 5.41) is 20.8. The third-order valence-corrected chi connectivity index (χ3v) is 3.49. The number of hydrogen-bond donors (Lipinski definition) is 4. The Morgan fingerprint density at radius 1 is 1.43 bits per heavy atom. The van der Waals surface area contributed by atoms with Crippen molar-refractivity contribution in [1.82, 2.24) is 15.5 Å². The molecule has 0 aliphatic carbocycles. The van der Waals surface area contributed by atoms with Gasteiger partial charge in [0.2, 0.25) is 0 Å². The first-order chi connectivity index (χ1) is 9.97. The highest BCUT2D eigenvalue weighted by Crippen LogP contribution is 2.23. The van der Waals surface area contributed by atoms with Crippen LogP contribution in [0.2, 0.25) is 0 Å². The Morgan fingerprint density at radius 3 is 2.76 bits per heavy atom. The molecule has 0 aliphatic rings. The van der Waals surface area contributed by atoms with Crippen LogP contribution in [-0.4, -0.2) is 27.3 Å². The number of urea groups is 1. The lowest BCUT2D eigenvalue weighted by Gasteiger charge is -2.14. The van der Waals surface area contributed by atoms with Crippen molar-refractivity contribution < 1.29 is 14.7 Å². The minimum Gasteiger partial charge on any atom is -0.478 e. The summed E-state index contributed by atoms with van der Waals surface area (Å²) in [6.45, 7) is 1.83. The van der Waals surface area contributed by atoms with E-state index in [-0.39, 0.29) is 11.6 Å². The largest absolute Gasteiger partial charge is 0.478 e. The Balaban J connectivity index is 2.01. The van der Waals surface area contributed by atoms with Gasteiger partial charge in [-0.05, 0) is 41.1 Å². The van der Waals surface area contributed by atoms with Crippen molar-refractivity contribution >= 4 is 33.6 Å². The van der Waals surface area contributed by atoms with Crippen molar-refractivity contribution in [2.45, 2.75) is 13.0 Å². The summed E-state index contributed by atoms with van der Waals surface area (Å²) in [5.74, 6) is -1.03. The van der Waals surface area contributed by atoms with Crippen molar-refractivity contribution in [3.8, 4) is 0 Å². The highest BCUT2D eigenvalue weighted by Gasteiger charge is 2.12. The van der Waals surface area contributed by atoms with Gasteiger partial charge in [-0.2, -0.15) is 5.10 Å². The van der Waals surface area contributed by atoms with Gasteiger partial charge in [0.15, 0.2) is 0 Å². The van der Waals surface area contributed by atoms with E-state index in [4.69, 9.17) is 5.11 Å². The highest BCUT2D eigenvalue weighted by atomic mass is 79.9. The van der Waals surface area contributed by atoms with Crippen molar-refractivity contribution in [3.63, 3.8) is 0 Å². The van der Waals surface area contributed by atoms with E-state index in [1.807, 2.05) is 6.92 Å². The van der Waals surface area contributed by atoms with Crippen LogP contribution in [0.4, 0.5) is 10.5 Å². The summed E-state index contributed by atoms with van der Waals surface area (Å²) < 4.78 is 0.494. The molecule has 2 rings (SSSR count). The normalized spacial score (nSPS) is 11.7. The molecule has 8 heteroatoms. The number of anilines is 1. The van der Waals surface area contributed by atoms with Gasteiger partial charge in [-0.25, -0.2) is 9.59 Å². The number of benzene rings is 1. The van der Waals surface area contributed by atoms with Crippen molar-refractivity contribution in [3.05, 3.63) is 46.2 Å². The number of halogens is 1. The lowest BCUT2D eigenvalue weighted by molar-refractivity contribution is 0.0697. The molecule has 0 saturated heterocycles. The molecule has 1 aromatic heterocycles. The summed E-state index contributed by atoms with van der Waals surface area (Å²) in [6, 6.07) is 3.77. The molecular formula is C13H13BrN4O3. The SMILES string of the molecule is CC(NC(=O)Nc1ccc(C(=O)O)cc1Br)c1cn[nH]c1. The van der Waals surface area contributed by atoms with Gasteiger partial charge >= 0.3 is 12.0 Å². The number of aromatic nitrogens is 2. The third-order valence-electron chi connectivity index (χ3n) is 2.83. The fourth-order valence-electron chi connectivity index (χ4n) is 1.69. The van der Waals surface area contributed by atoms with Crippen LogP contribution in [0.15, 0.2) is 35.1 Å². The number of aromatic amines is 1. The summed E-state index contributed by atoms with van der Waals surface area (Å²) in [6.07, 6.45) is 3.32. The number of carboxylic acid groups (broad SMARTS) is 1. The Kier molecular flexibility index (Phi) is 4.59. The minimum absolute atomic E-state index is 0.139. The number of carbonyl (C=O) groups is 2. The molecule has 1 atom stereocenters. The van der Waals surface area contributed by atoms with Crippen LogP contribution in [0.1, 0.15) is 28.9 Å². The molecule has 1 aromatic carbocycles. The molecule has 0 aliphatic heterocycles. The molecule has 1 heterocycles. The van der Waals surface area contributed by atoms with Gasteiger partial charge in [0.25, 0.3) is 0 Å². The summed E-state index contributed by atoms with van der Waals surface area (Å²) in [4.78, 5) is 22.7. The van der Waals surface area contributed by atoms with E-state index in [0.717, 1.165) is 5.56 Å². The van der Waals surface area contributed by atoms with Crippen LogP contribution in [-0.2, 0) is 0 Å². The monoisotopic (exact) mass is 352 g/mol. The third kappa shape index (κ3) is 3.82. The first kappa shape index (κ1) is 15.0. The molecule has 4 N–H and O–H groups in total. The molecule has 0 spiro atoms. The van der Waals surface area contributed by atoms with E-state index in [2.05, 4.69) is 36.8 Å². The van der Waals surface area contributed by atoms with Gasteiger partial charge in [0.1, 0.15) is 0 Å². The zero-order valence-corrected chi connectivity index (χ0v) is 12.6. The van der Waals surface area contributed by atoms with E-state index in [9.17, 15) is 9.59 Å². The molecule has 2 aromatic rings. The Bertz CT molecular complexity index is 657. The Labute approximate surface area is 128 Å². The van der Waals surface area contributed by atoms with Gasteiger partial charge in [0.05, 0.1) is 23.5 Å². The molecule has 0 saturated carbocycles. The fraction of sp³-hybridized carbons (Fsp3) is 0.154. The van der Waals surface area contributed by atoms with Gasteiger partial charge in [-0.1, -0.05) is 0 Å². The van der Waals surface area contributed by atoms with Crippen molar-refractivity contribution in [2.75, 3.05) is 5.32 Å². The van der Waals surface area contributed by atoms with E-state index < -0.39 is 12.0 Å². The second-order valence-corrected chi connectivity index (χ2v) is 5.21. The summed E-state index contributed by atoms with van der Waals surface area (Å²) in [5.41, 5.74) is 1.47. The predicted octanol–water partition coefficient (Wildman–Crippen LogP) is 2.75. The molecule has 7 nitrogen and oxygen atoms in total. The van der Waals surface area contributed by atoms with Crippen molar-refractivity contribution in [1.29, 1.82) is 0 Å². The molecule has 0 radical (unpaired) electrons.